The lowest BCUT2D eigenvalue weighted by Crippen LogP contribution is -1.93. The number of rotatable bonds is 0. The molecule has 0 fully saturated rings. The Morgan fingerprint density at radius 3 is 1.47 bits per heavy atom. The van der Waals surface area contributed by atoms with E-state index in [1.165, 1.54) is 0 Å². The van der Waals surface area contributed by atoms with Crippen LogP contribution >= 0.6 is 11.6 Å². The number of anilines is 4. The Hall–Kier alpha value is -2.07. The van der Waals surface area contributed by atoms with Gasteiger partial charge in [-0.25, -0.2) is 0 Å². The minimum atomic E-state index is 0.458. The highest BCUT2D eigenvalue weighted by atomic mass is 35.5. The van der Waals surface area contributed by atoms with Gasteiger partial charge in [-0.1, -0.05) is 29.8 Å². The first-order valence-corrected chi connectivity index (χ1v) is 5.29. The molecule has 2 aromatic carbocycles. The fourth-order valence-corrected chi connectivity index (χ4v) is 1.25. The molecule has 0 aliphatic heterocycles. The van der Waals surface area contributed by atoms with E-state index in [2.05, 4.69) is 0 Å². The molecule has 0 amide bonds. The van der Waals surface area contributed by atoms with Gasteiger partial charge < -0.3 is 22.9 Å². The van der Waals surface area contributed by atoms with Crippen molar-refractivity contribution in [1.29, 1.82) is 0 Å². The van der Waals surface area contributed by atoms with Crippen LogP contribution in [0.5, 0.6) is 0 Å². The van der Waals surface area contributed by atoms with Crippen LogP contribution in [-0.4, -0.2) is 0 Å². The van der Waals surface area contributed by atoms with Gasteiger partial charge in [-0.3, -0.25) is 0 Å². The molecule has 2 rings (SSSR count). The van der Waals surface area contributed by atoms with Gasteiger partial charge in [0.2, 0.25) is 0 Å². The molecule has 2 aromatic rings. The first-order chi connectivity index (χ1) is 8.02. The number of halogens is 1. The molecule has 17 heavy (non-hydrogen) atoms. The van der Waals surface area contributed by atoms with E-state index in [1.807, 2.05) is 12.1 Å². The quantitative estimate of drug-likeness (QED) is 0.539. The van der Waals surface area contributed by atoms with Crippen LogP contribution < -0.4 is 22.9 Å². The predicted molar refractivity (Wildman–Crippen MR) is 75.5 cm³/mol. The average Bonchev–Trinajstić information content (AvgIpc) is 2.31. The SMILES string of the molecule is Nc1cccc(Cl)c1N.Nc1ccccc1N. The number of hydrogen-bond acceptors (Lipinski definition) is 4. The number of hydrogen-bond donors (Lipinski definition) is 4. The zero-order chi connectivity index (χ0) is 12.8. The largest absolute Gasteiger partial charge is 0.397 e. The molecule has 0 heterocycles. The molecule has 0 aliphatic rings. The number of benzene rings is 2. The van der Waals surface area contributed by atoms with Gasteiger partial charge >= 0.3 is 0 Å². The second kappa shape index (κ2) is 5.86. The van der Waals surface area contributed by atoms with Crippen molar-refractivity contribution in [3.8, 4) is 0 Å². The molecule has 0 atom stereocenters. The van der Waals surface area contributed by atoms with Gasteiger partial charge in [-0.15, -0.1) is 0 Å². The molecule has 0 spiro atoms. The summed E-state index contributed by atoms with van der Waals surface area (Å²) in [5.41, 5.74) is 23.9. The Bertz CT molecular complexity index is 458. The smallest absolute Gasteiger partial charge is 0.0737 e. The summed E-state index contributed by atoms with van der Waals surface area (Å²) in [6.07, 6.45) is 0. The summed E-state index contributed by atoms with van der Waals surface area (Å²) in [5.74, 6) is 0. The minimum absolute atomic E-state index is 0.458. The van der Waals surface area contributed by atoms with Gasteiger partial charge in [0, 0.05) is 0 Å². The van der Waals surface area contributed by atoms with Gasteiger partial charge in [-0.05, 0) is 24.3 Å². The maximum absolute atomic E-state index is 5.61. The third-order valence-corrected chi connectivity index (χ3v) is 2.41. The van der Waals surface area contributed by atoms with Crippen LogP contribution in [0.4, 0.5) is 22.7 Å². The second-order valence-corrected chi connectivity index (χ2v) is 3.78. The van der Waals surface area contributed by atoms with Crippen molar-refractivity contribution in [2.75, 3.05) is 22.9 Å². The van der Waals surface area contributed by atoms with Crippen LogP contribution in [0.15, 0.2) is 42.5 Å². The van der Waals surface area contributed by atoms with Crippen LogP contribution in [0.2, 0.25) is 5.02 Å². The Balaban J connectivity index is 0.000000171. The molecule has 4 nitrogen and oxygen atoms in total. The van der Waals surface area contributed by atoms with Crippen LogP contribution in [-0.2, 0) is 0 Å². The van der Waals surface area contributed by atoms with E-state index in [0.29, 0.717) is 27.8 Å². The molecule has 90 valence electrons. The van der Waals surface area contributed by atoms with E-state index in [1.54, 1.807) is 30.3 Å². The molecular formula is C12H15ClN4. The predicted octanol–water partition coefficient (Wildman–Crippen LogP) is 2.36. The number of nitrogen functional groups attached to an aromatic ring is 4. The zero-order valence-electron chi connectivity index (χ0n) is 9.23. The molecular weight excluding hydrogens is 236 g/mol. The number of nitrogens with two attached hydrogens (primary N) is 4. The molecule has 0 saturated carbocycles. The first-order valence-electron chi connectivity index (χ1n) is 4.92. The molecule has 0 saturated heterocycles. The Kier molecular flexibility index (Phi) is 4.48. The summed E-state index contributed by atoms with van der Waals surface area (Å²) in [5, 5.41) is 0.509. The molecule has 0 aromatic heterocycles. The van der Waals surface area contributed by atoms with Crippen molar-refractivity contribution in [2.45, 2.75) is 0 Å². The minimum Gasteiger partial charge on any atom is -0.397 e. The zero-order valence-corrected chi connectivity index (χ0v) is 9.98. The van der Waals surface area contributed by atoms with Crippen molar-refractivity contribution in [1.82, 2.24) is 0 Å². The fraction of sp³-hybridized carbons (Fsp3) is 0. The standard InChI is InChI=1S/C6H7ClN2.C6H8N2/c7-4-2-1-3-5(8)6(4)9;7-5-3-1-2-4-6(5)8/h1-3H,8-9H2;1-4H,7-8H2. The third-order valence-electron chi connectivity index (χ3n) is 2.08. The van der Waals surface area contributed by atoms with Crippen molar-refractivity contribution in [2.24, 2.45) is 0 Å². The van der Waals surface area contributed by atoms with Crippen LogP contribution in [0.1, 0.15) is 0 Å². The molecule has 0 unspecified atom stereocenters. The molecule has 5 heteroatoms. The highest BCUT2D eigenvalue weighted by molar-refractivity contribution is 6.33. The van der Waals surface area contributed by atoms with Gasteiger partial charge in [-0.2, -0.15) is 0 Å². The second-order valence-electron chi connectivity index (χ2n) is 3.37. The Morgan fingerprint density at radius 1 is 0.647 bits per heavy atom. The normalized spacial score (nSPS) is 9.24. The summed E-state index contributed by atoms with van der Waals surface area (Å²) in [6, 6.07) is 12.4. The molecule has 8 N–H and O–H groups in total. The Morgan fingerprint density at radius 2 is 1.12 bits per heavy atom. The van der Waals surface area contributed by atoms with Gasteiger partial charge in [0.05, 0.1) is 27.8 Å². The monoisotopic (exact) mass is 250 g/mol. The summed E-state index contributed by atoms with van der Waals surface area (Å²) in [6.45, 7) is 0. The topological polar surface area (TPSA) is 104 Å². The summed E-state index contributed by atoms with van der Waals surface area (Å²) in [4.78, 5) is 0. The maximum Gasteiger partial charge on any atom is 0.0737 e. The van der Waals surface area contributed by atoms with E-state index in [9.17, 15) is 0 Å². The first kappa shape index (κ1) is 13.0. The lowest BCUT2D eigenvalue weighted by atomic mass is 10.3. The average molecular weight is 251 g/mol. The van der Waals surface area contributed by atoms with Crippen molar-refractivity contribution in [3.63, 3.8) is 0 Å². The highest BCUT2D eigenvalue weighted by Gasteiger charge is 1.95. The summed E-state index contributed by atoms with van der Waals surface area (Å²) < 4.78 is 0. The van der Waals surface area contributed by atoms with Gasteiger partial charge in [0.15, 0.2) is 0 Å². The van der Waals surface area contributed by atoms with Crippen LogP contribution in [0, 0.1) is 0 Å². The van der Waals surface area contributed by atoms with E-state index < -0.39 is 0 Å². The van der Waals surface area contributed by atoms with Crippen molar-refractivity contribution in [3.05, 3.63) is 47.5 Å². The van der Waals surface area contributed by atoms with Crippen molar-refractivity contribution < 1.29 is 0 Å². The Labute approximate surface area is 105 Å². The van der Waals surface area contributed by atoms with Crippen LogP contribution in [0.25, 0.3) is 0 Å². The van der Waals surface area contributed by atoms with Crippen molar-refractivity contribution >= 4 is 34.4 Å². The van der Waals surface area contributed by atoms with E-state index in [-0.39, 0.29) is 0 Å². The van der Waals surface area contributed by atoms with Gasteiger partial charge in [0.1, 0.15) is 0 Å². The maximum atomic E-state index is 5.61. The highest BCUT2D eigenvalue weighted by Crippen LogP contribution is 2.23. The molecule has 0 radical (unpaired) electrons. The molecule has 0 aliphatic carbocycles. The van der Waals surface area contributed by atoms with E-state index in [4.69, 9.17) is 34.5 Å². The number of para-hydroxylation sites is 3. The van der Waals surface area contributed by atoms with E-state index >= 15 is 0 Å². The van der Waals surface area contributed by atoms with Crippen LogP contribution in [0.3, 0.4) is 0 Å². The molecule has 0 bridgehead atoms. The summed E-state index contributed by atoms with van der Waals surface area (Å²) >= 11 is 5.61. The summed E-state index contributed by atoms with van der Waals surface area (Å²) in [7, 11) is 0. The lowest BCUT2D eigenvalue weighted by molar-refractivity contribution is 1.66. The van der Waals surface area contributed by atoms with E-state index in [0.717, 1.165) is 0 Å². The lowest BCUT2D eigenvalue weighted by Gasteiger charge is -1.98. The third kappa shape index (κ3) is 3.77. The van der Waals surface area contributed by atoms with Gasteiger partial charge in [0.25, 0.3) is 0 Å². The fourth-order valence-electron chi connectivity index (χ4n) is 1.06.